The lowest BCUT2D eigenvalue weighted by molar-refractivity contribution is -0.0113. The molecule has 2 aliphatic heterocycles. The Kier molecular flexibility index (Phi) is 6.93. The summed E-state index contributed by atoms with van der Waals surface area (Å²) in [6.45, 7) is 11.0. The lowest BCUT2D eigenvalue weighted by Crippen LogP contribution is -2.35. The molecule has 4 rings (SSSR count). The molecule has 0 aliphatic carbocycles. The lowest BCUT2D eigenvalue weighted by atomic mass is 9.73. The molecule has 32 heavy (non-hydrogen) atoms. The predicted octanol–water partition coefficient (Wildman–Crippen LogP) is 5.93. The lowest BCUT2D eigenvalue weighted by Gasteiger charge is -2.37. The van der Waals surface area contributed by atoms with Gasteiger partial charge in [-0.1, -0.05) is 27.7 Å². The van der Waals surface area contributed by atoms with Gasteiger partial charge in [0.05, 0.1) is 17.9 Å². The van der Waals surface area contributed by atoms with Gasteiger partial charge in [-0.2, -0.15) is 5.26 Å². The van der Waals surface area contributed by atoms with Crippen molar-refractivity contribution in [3.05, 3.63) is 58.7 Å². The monoisotopic (exact) mass is 433 g/mol. The maximum Gasteiger partial charge on any atom is 0.104 e. The molecule has 2 aromatic heterocycles. The van der Waals surface area contributed by atoms with Crippen LogP contribution in [0.15, 0.2) is 30.7 Å². The van der Waals surface area contributed by atoms with Crippen molar-refractivity contribution in [3.8, 4) is 6.07 Å². The van der Waals surface area contributed by atoms with E-state index in [1.54, 1.807) is 0 Å². The minimum Gasteiger partial charge on any atom is -0.381 e. The second kappa shape index (κ2) is 9.68. The molecule has 2 unspecified atom stereocenters. The molecule has 0 saturated carbocycles. The van der Waals surface area contributed by atoms with E-state index < -0.39 is 5.41 Å². The van der Waals surface area contributed by atoms with Crippen LogP contribution in [0.2, 0.25) is 0 Å². The summed E-state index contributed by atoms with van der Waals surface area (Å²) in [5.41, 5.74) is 5.27. The van der Waals surface area contributed by atoms with Gasteiger partial charge in [-0.05, 0) is 65.8 Å². The zero-order valence-corrected chi connectivity index (χ0v) is 19.8. The van der Waals surface area contributed by atoms with Gasteiger partial charge in [0.1, 0.15) is 5.41 Å². The van der Waals surface area contributed by atoms with Gasteiger partial charge in [-0.3, -0.25) is 9.97 Å². The third-order valence-corrected chi connectivity index (χ3v) is 7.17. The first-order valence-electron chi connectivity index (χ1n) is 12.0. The Balaban J connectivity index is 1.71. The molecule has 0 aromatic carbocycles. The van der Waals surface area contributed by atoms with Crippen molar-refractivity contribution >= 4 is 0 Å². The van der Waals surface area contributed by atoms with Crippen LogP contribution >= 0.6 is 0 Å². The Morgan fingerprint density at radius 3 is 2.50 bits per heavy atom. The number of nitriles is 1. The van der Waals surface area contributed by atoms with Crippen LogP contribution in [-0.2, 0) is 14.9 Å². The van der Waals surface area contributed by atoms with Crippen molar-refractivity contribution in [2.24, 2.45) is 0 Å². The zero-order chi connectivity index (χ0) is 22.7. The fourth-order valence-corrected chi connectivity index (χ4v) is 5.27. The number of nitrogens with zero attached hydrogens (tertiary/aromatic N) is 3. The van der Waals surface area contributed by atoms with E-state index in [2.05, 4.69) is 49.8 Å². The molecule has 4 heterocycles. The standard InChI is InChI=1S/C27H35N3O2/c1-18(2)21-5-9-30-25(13-21)27(17-28)8-12-32-24(14-27)23-16-29-15-22(26(23)19(3)4)20-6-10-31-11-7-20/h5,9,13,15-16,18-20,24H,6-8,10-12,14H2,1-4H3. The molecule has 0 N–H and O–H groups in total. The molecular weight excluding hydrogens is 398 g/mol. The maximum absolute atomic E-state index is 10.4. The largest absolute Gasteiger partial charge is 0.381 e. The average Bonchev–Trinajstić information content (AvgIpc) is 2.84. The first kappa shape index (κ1) is 22.9. The van der Waals surface area contributed by atoms with Crippen molar-refractivity contribution in [1.82, 2.24) is 9.97 Å². The molecule has 2 aromatic rings. The molecule has 2 atom stereocenters. The van der Waals surface area contributed by atoms with Crippen molar-refractivity contribution in [3.63, 3.8) is 0 Å². The number of hydrogen-bond donors (Lipinski definition) is 0. The van der Waals surface area contributed by atoms with E-state index in [4.69, 9.17) is 9.47 Å². The summed E-state index contributed by atoms with van der Waals surface area (Å²) in [6.07, 6.45) is 9.04. The molecule has 2 fully saturated rings. The highest BCUT2D eigenvalue weighted by atomic mass is 16.5. The fourth-order valence-electron chi connectivity index (χ4n) is 5.27. The number of hydrogen-bond acceptors (Lipinski definition) is 5. The van der Waals surface area contributed by atoms with Gasteiger partial charge in [0, 0.05) is 50.4 Å². The molecule has 2 aliphatic rings. The number of ether oxygens (including phenoxy) is 2. The second-order valence-corrected chi connectivity index (χ2v) is 9.91. The molecule has 0 bridgehead atoms. The van der Waals surface area contributed by atoms with Crippen LogP contribution < -0.4 is 0 Å². The third-order valence-electron chi connectivity index (χ3n) is 7.17. The molecular formula is C27H35N3O2. The van der Waals surface area contributed by atoms with Gasteiger partial charge < -0.3 is 9.47 Å². The quantitative estimate of drug-likeness (QED) is 0.584. The van der Waals surface area contributed by atoms with Crippen LogP contribution in [0.5, 0.6) is 0 Å². The minimum atomic E-state index is -0.642. The van der Waals surface area contributed by atoms with E-state index in [1.807, 2.05) is 24.7 Å². The summed E-state index contributed by atoms with van der Waals surface area (Å²) in [5, 5.41) is 10.4. The summed E-state index contributed by atoms with van der Waals surface area (Å²) in [4.78, 5) is 9.30. The van der Waals surface area contributed by atoms with E-state index in [0.717, 1.165) is 37.3 Å². The van der Waals surface area contributed by atoms with Gasteiger partial charge in [0.2, 0.25) is 0 Å². The van der Waals surface area contributed by atoms with E-state index in [1.165, 1.54) is 16.7 Å². The van der Waals surface area contributed by atoms with Crippen LogP contribution in [0.25, 0.3) is 0 Å². The summed E-state index contributed by atoms with van der Waals surface area (Å²) < 4.78 is 11.9. The minimum absolute atomic E-state index is 0.155. The number of aromatic nitrogens is 2. The Morgan fingerprint density at radius 1 is 1.06 bits per heavy atom. The molecule has 0 spiro atoms. The SMILES string of the molecule is CC(C)c1ccnc(C2(C#N)CCOC(c3cncc(C4CCOCC4)c3C(C)C)C2)c1. The molecule has 5 heteroatoms. The molecule has 170 valence electrons. The highest BCUT2D eigenvalue weighted by Gasteiger charge is 2.42. The highest BCUT2D eigenvalue weighted by Crippen LogP contribution is 2.45. The Hall–Kier alpha value is -2.29. The molecule has 5 nitrogen and oxygen atoms in total. The van der Waals surface area contributed by atoms with E-state index in [9.17, 15) is 5.26 Å². The summed E-state index contributed by atoms with van der Waals surface area (Å²) >= 11 is 0. The summed E-state index contributed by atoms with van der Waals surface area (Å²) in [7, 11) is 0. The van der Waals surface area contributed by atoms with Crippen LogP contribution in [0, 0.1) is 11.3 Å². The fraction of sp³-hybridized carbons (Fsp3) is 0.593. The smallest absolute Gasteiger partial charge is 0.104 e. The zero-order valence-electron chi connectivity index (χ0n) is 19.8. The Bertz CT molecular complexity index is 975. The Labute approximate surface area is 192 Å². The first-order valence-corrected chi connectivity index (χ1v) is 12.0. The first-order chi connectivity index (χ1) is 15.4. The van der Waals surface area contributed by atoms with Gasteiger partial charge in [0.15, 0.2) is 0 Å². The van der Waals surface area contributed by atoms with Crippen molar-refractivity contribution in [2.45, 2.75) is 82.7 Å². The summed E-state index contributed by atoms with van der Waals surface area (Å²) in [6, 6.07) is 6.82. The highest BCUT2D eigenvalue weighted by molar-refractivity contribution is 5.40. The van der Waals surface area contributed by atoms with Gasteiger partial charge in [0.25, 0.3) is 0 Å². The van der Waals surface area contributed by atoms with Gasteiger partial charge in [-0.25, -0.2) is 0 Å². The molecule has 0 radical (unpaired) electrons. The van der Waals surface area contributed by atoms with E-state index in [0.29, 0.717) is 37.2 Å². The third kappa shape index (κ3) is 4.44. The summed E-state index contributed by atoms with van der Waals surface area (Å²) in [5.74, 6) is 1.23. The van der Waals surface area contributed by atoms with Crippen LogP contribution in [0.1, 0.15) is 105 Å². The number of pyridine rings is 2. The van der Waals surface area contributed by atoms with E-state index >= 15 is 0 Å². The van der Waals surface area contributed by atoms with Crippen molar-refractivity contribution in [1.29, 1.82) is 5.26 Å². The van der Waals surface area contributed by atoms with Crippen LogP contribution in [0.3, 0.4) is 0 Å². The average molecular weight is 434 g/mol. The molecule has 0 amide bonds. The Morgan fingerprint density at radius 2 is 1.81 bits per heavy atom. The van der Waals surface area contributed by atoms with E-state index in [-0.39, 0.29) is 6.10 Å². The van der Waals surface area contributed by atoms with Gasteiger partial charge >= 0.3 is 0 Å². The topological polar surface area (TPSA) is 68.0 Å². The predicted molar refractivity (Wildman–Crippen MR) is 125 cm³/mol. The van der Waals surface area contributed by atoms with Crippen LogP contribution in [0.4, 0.5) is 0 Å². The van der Waals surface area contributed by atoms with Crippen molar-refractivity contribution in [2.75, 3.05) is 19.8 Å². The number of rotatable bonds is 5. The second-order valence-electron chi connectivity index (χ2n) is 9.91. The van der Waals surface area contributed by atoms with Gasteiger partial charge in [-0.15, -0.1) is 0 Å². The normalized spacial score (nSPS) is 24.6. The molecule has 2 saturated heterocycles. The van der Waals surface area contributed by atoms with Crippen LogP contribution in [-0.4, -0.2) is 29.8 Å². The van der Waals surface area contributed by atoms with Crippen molar-refractivity contribution < 1.29 is 9.47 Å². The maximum atomic E-state index is 10.4.